The van der Waals surface area contributed by atoms with Crippen LogP contribution in [0.4, 0.5) is 0 Å². The molecule has 0 bridgehead atoms. The van der Waals surface area contributed by atoms with Gasteiger partial charge in [0, 0.05) is 6.42 Å². The van der Waals surface area contributed by atoms with Crippen molar-refractivity contribution in [3.63, 3.8) is 0 Å². The van der Waals surface area contributed by atoms with Gasteiger partial charge in [-0.15, -0.1) is 6.58 Å². The van der Waals surface area contributed by atoms with E-state index in [0.29, 0.717) is 5.75 Å². The molecule has 0 aliphatic heterocycles. The molecule has 0 radical (unpaired) electrons. The summed E-state index contributed by atoms with van der Waals surface area (Å²) in [5.41, 5.74) is 1.26. The zero-order valence-electron chi connectivity index (χ0n) is 18.4. The largest absolute Gasteiger partial charge is 0.491 e. The van der Waals surface area contributed by atoms with Crippen molar-refractivity contribution in [2.75, 3.05) is 13.4 Å². The minimum Gasteiger partial charge on any atom is -0.491 e. The first kappa shape index (κ1) is 27.5. The van der Waals surface area contributed by atoms with Gasteiger partial charge in [0.1, 0.15) is 12.4 Å². The molecule has 1 aromatic carbocycles. The molecule has 0 amide bonds. The Kier molecular flexibility index (Phi) is 14.4. The van der Waals surface area contributed by atoms with Gasteiger partial charge in [-0.25, -0.2) is 4.18 Å². The molecule has 3 N–H and O–H groups in total. The molecule has 0 saturated carbocycles. The molecule has 1 aromatic rings. The number of unbranched alkanes of at least 4 members (excludes halogenated alkanes) is 6. The molecule has 0 spiro atoms. The Bertz CT molecular complexity index is 694. The second-order valence-electron chi connectivity index (χ2n) is 7.39. The van der Waals surface area contributed by atoms with Crippen LogP contribution in [0.3, 0.4) is 0 Å². The van der Waals surface area contributed by atoms with Gasteiger partial charge in [-0.05, 0) is 30.5 Å². The molecule has 2 unspecified atom stereocenters. The highest BCUT2D eigenvalue weighted by Gasteiger charge is 2.17. The fraction of sp³-hybridized carbons (Fsp3) is 0.636. The summed E-state index contributed by atoms with van der Waals surface area (Å²) in [5.74, 6) is 5.24. The topological polar surface area (TPSA) is 117 Å². The summed E-state index contributed by atoms with van der Waals surface area (Å²) in [6, 6.07) is 7.85. The molecular weight excluding hydrogens is 422 g/mol. The van der Waals surface area contributed by atoms with Gasteiger partial charge in [0.05, 0.1) is 12.2 Å². The zero-order valence-corrected chi connectivity index (χ0v) is 19.2. The third kappa shape index (κ3) is 13.5. The number of aliphatic hydroxyl groups excluding tert-OH is 1. The predicted octanol–water partition coefficient (Wildman–Crippen LogP) is 3.79. The number of hydrogen-bond donors (Lipinski definition) is 2. The SMILES string of the molecule is C=CC(O)CC(COc1ccc(CCCCCCCCC)cc1)OCOS(=O)(=O)ON. The summed E-state index contributed by atoms with van der Waals surface area (Å²) < 4.78 is 41.3. The van der Waals surface area contributed by atoms with Gasteiger partial charge in [-0.3, -0.25) is 0 Å². The number of aryl methyl sites for hydroxylation is 1. The van der Waals surface area contributed by atoms with Crippen molar-refractivity contribution >= 4 is 10.4 Å². The summed E-state index contributed by atoms with van der Waals surface area (Å²) in [4.78, 5) is 0. The molecule has 178 valence electrons. The van der Waals surface area contributed by atoms with E-state index in [9.17, 15) is 13.5 Å². The Morgan fingerprint density at radius 1 is 1.10 bits per heavy atom. The van der Waals surface area contributed by atoms with Crippen LogP contribution in [0.2, 0.25) is 0 Å². The molecule has 1 rings (SSSR count). The van der Waals surface area contributed by atoms with Gasteiger partial charge in [0.2, 0.25) is 0 Å². The summed E-state index contributed by atoms with van der Waals surface area (Å²) in [6.45, 7) is 5.22. The molecule has 9 heteroatoms. The van der Waals surface area contributed by atoms with Crippen molar-refractivity contribution in [3.8, 4) is 5.75 Å². The number of benzene rings is 1. The second-order valence-corrected chi connectivity index (χ2v) is 8.64. The summed E-state index contributed by atoms with van der Waals surface area (Å²) in [6.07, 6.45) is 10.1. The molecule has 31 heavy (non-hydrogen) atoms. The summed E-state index contributed by atoms with van der Waals surface area (Å²) >= 11 is 0. The molecule has 0 aliphatic carbocycles. The molecule has 0 saturated heterocycles. The van der Waals surface area contributed by atoms with Gasteiger partial charge in [-0.1, -0.05) is 63.7 Å². The average molecular weight is 460 g/mol. The van der Waals surface area contributed by atoms with Crippen molar-refractivity contribution in [2.45, 2.75) is 76.9 Å². The van der Waals surface area contributed by atoms with Crippen molar-refractivity contribution < 1.29 is 31.5 Å². The third-order valence-corrected chi connectivity index (χ3v) is 5.44. The molecule has 0 heterocycles. The molecule has 0 aliphatic rings. The van der Waals surface area contributed by atoms with E-state index in [4.69, 9.17) is 9.47 Å². The highest BCUT2D eigenvalue weighted by atomic mass is 32.3. The lowest BCUT2D eigenvalue weighted by Gasteiger charge is -2.20. The predicted molar refractivity (Wildman–Crippen MR) is 119 cm³/mol. The van der Waals surface area contributed by atoms with Crippen LogP contribution in [0.1, 0.15) is 63.9 Å². The quantitative estimate of drug-likeness (QED) is 0.139. The fourth-order valence-electron chi connectivity index (χ4n) is 2.99. The Morgan fingerprint density at radius 2 is 1.74 bits per heavy atom. The second kappa shape index (κ2) is 16.2. The number of nitrogens with two attached hydrogens (primary N) is 1. The normalized spacial score (nSPS) is 13.6. The van der Waals surface area contributed by atoms with Crippen molar-refractivity contribution in [2.24, 2.45) is 5.90 Å². The molecule has 8 nitrogen and oxygen atoms in total. The monoisotopic (exact) mass is 459 g/mol. The van der Waals surface area contributed by atoms with E-state index in [2.05, 4.69) is 27.9 Å². The minimum absolute atomic E-state index is 0.0922. The fourth-order valence-corrected chi connectivity index (χ4v) is 3.22. The van der Waals surface area contributed by atoms with Crippen molar-refractivity contribution in [1.29, 1.82) is 0 Å². The summed E-state index contributed by atoms with van der Waals surface area (Å²) in [7, 11) is -4.31. The van der Waals surface area contributed by atoms with Gasteiger partial charge < -0.3 is 14.6 Å². The Labute approximate surface area is 186 Å². The Morgan fingerprint density at radius 3 is 2.35 bits per heavy atom. The van der Waals surface area contributed by atoms with E-state index < -0.39 is 29.4 Å². The van der Waals surface area contributed by atoms with Crippen LogP contribution in [0.25, 0.3) is 0 Å². The highest BCUT2D eigenvalue weighted by molar-refractivity contribution is 7.81. The van der Waals surface area contributed by atoms with Crippen molar-refractivity contribution in [1.82, 2.24) is 0 Å². The maximum Gasteiger partial charge on any atom is 0.418 e. The molecule has 2 atom stereocenters. The number of hydrogen-bond acceptors (Lipinski definition) is 8. The zero-order chi connectivity index (χ0) is 23.0. The maximum absolute atomic E-state index is 11.1. The van der Waals surface area contributed by atoms with Gasteiger partial charge >= 0.3 is 10.4 Å². The summed E-state index contributed by atoms with van der Waals surface area (Å²) in [5, 5.41) is 9.77. The lowest BCUT2D eigenvalue weighted by atomic mass is 10.0. The van der Waals surface area contributed by atoms with Gasteiger partial charge in [0.15, 0.2) is 6.79 Å². The number of aliphatic hydroxyl groups is 1. The first-order valence-corrected chi connectivity index (χ1v) is 12.1. The molecule has 0 aromatic heterocycles. The van der Waals surface area contributed by atoms with Crippen LogP contribution < -0.4 is 10.6 Å². The van der Waals surface area contributed by atoms with Crippen LogP contribution in [-0.2, 0) is 30.0 Å². The average Bonchev–Trinajstić information content (AvgIpc) is 2.77. The highest BCUT2D eigenvalue weighted by Crippen LogP contribution is 2.17. The number of rotatable bonds is 19. The maximum atomic E-state index is 11.1. The van der Waals surface area contributed by atoms with Crippen LogP contribution >= 0.6 is 0 Å². The smallest absolute Gasteiger partial charge is 0.418 e. The number of ether oxygens (including phenoxy) is 2. The first-order valence-electron chi connectivity index (χ1n) is 10.8. The molecular formula is C22H37NO7S. The lowest BCUT2D eigenvalue weighted by Crippen LogP contribution is -2.28. The third-order valence-electron chi connectivity index (χ3n) is 4.82. The standard InChI is InChI=1S/C22H37NO7S/c1-3-5-6-7-8-9-10-11-19-12-14-21(15-13-19)27-17-22(16-20(24)4-2)28-18-29-31(25,26)30-23/h4,12-15,20,22,24H,2-3,5-11,16-18,23H2,1H3. The Hall–Kier alpha value is -1.49. The molecule has 0 fully saturated rings. The lowest BCUT2D eigenvalue weighted by molar-refractivity contribution is -0.0676. The first-order chi connectivity index (χ1) is 14.9. The van der Waals surface area contributed by atoms with E-state index in [-0.39, 0.29) is 13.0 Å². The van der Waals surface area contributed by atoms with Crippen LogP contribution in [0.15, 0.2) is 36.9 Å². The Balaban J connectivity index is 2.40. The van der Waals surface area contributed by atoms with E-state index >= 15 is 0 Å². The van der Waals surface area contributed by atoms with Crippen LogP contribution in [0.5, 0.6) is 5.75 Å². The van der Waals surface area contributed by atoms with Gasteiger partial charge in [0.25, 0.3) is 0 Å². The van der Waals surface area contributed by atoms with Crippen molar-refractivity contribution in [3.05, 3.63) is 42.5 Å². The van der Waals surface area contributed by atoms with E-state index in [1.54, 1.807) is 0 Å². The minimum atomic E-state index is -4.31. The van der Waals surface area contributed by atoms with Gasteiger partial charge in [-0.2, -0.15) is 18.6 Å². The van der Waals surface area contributed by atoms with Crippen LogP contribution in [0, 0.1) is 0 Å². The van der Waals surface area contributed by atoms with E-state index in [0.717, 1.165) is 6.42 Å². The van der Waals surface area contributed by atoms with Crippen LogP contribution in [-0.4, -0.2) is 39.1 Å². The van der Waals surface area contributed by atoms with E-state index in [1.165, 1.54) is 56.6 Å². The van der Waals surface area contributed by atoms with E-state index in [1.807, 2.05) is 24.3 Å².